The number of aliphatic hydroxyl groups is 1. The molecule has 37 heavy (non-hydrogen) atoms. The fourth-order valence-corrected chi connectivity index (χ4v) is 4.75. The van der Waals surface area contributed by atoms with E-state index in [2.05, 4.69) is 34.7 Å². The summed E-state index contributed by atoms with van der Waals surface area (Å²) in [5.41, 5.74) is 6.37. The average Bonchev–Trinajstić information content (AvgIpc) is 3.68. The van der Waals surface area contributed by atoms with Gasteiger partial charge in [0.25, 0.3) is 0 Å². The van der Waals surface area contributed by atoms with Gasteiger partial charge in [-0.3, -0.25) is 4.79 Å². The molecule has 1 heterocycles. The Morgan fingerprint density at radius 1 is 1.00 bits per heavy atom. The van der Waals surface area contributed by atoms with Crippen LogP contribution in [0.3, 0.4) is 0 Å². The zero-order valence-electron chi connectivity index (χ0n) is 21.2. The van der Waals surface area contributed by atoms with Crippen molar-refractivity contribution in [1.82, 2.24) is 10.5 Å². The molecule has 6 heteroatoms. The Morgan fingerprint density at radius 3 is 2.24 bits per heavy atom. The second-order valence-electron chi connectivity index (χ2n) is 9.59. The van der Waals surface area contributed by atoms with Gasteiger partial charge in [0, 0.05) is 24.2 Å². The van der Waals surface area contributed by atoms with Gasteiger partial charge in [-0.25, -0.2) is 0 Å². The van der Waals surface area contributed by atoms with Crippen LogP contribution in [0.1, 0.15) is 48.3 Å². The monoisotopic (exact) mass is 496 g/mol. The van der Waals surface area contributed by atoms with Crippen LogP contribution in [0.2, 0.25) is 0 Å². The van der Waals surface area contributed by atoms with Crippen molar-refractivity contribution >= 4 is 5.97 Å². The molecule has 0 bridgehead atoms. The van der Waals surface area contributed by atoms with E-state index in [1.54, 1.807) is 0 Å². The molecular formula is C31H32N2O4. The Labute approximate surface area is 217 Å². The van der Waals surface area contributed by atoms with Crippen LogP contribution in [-0.2, 0) is 21.5 Å². The van der Waals surface area contributed by atoms with Crippen LogP contribution < -0.4 is 5.32 Å². The third-order valence-corrected chi connectivity index (χ3v) is 7.14. The smallest absolute Gasteiger partial charge is 0.316 e. The first-order chi connectivity index (χ1) is 18.0. The van der Waals surface area contributed by atoms with Crippen LogP contribution in [-0.4, -0.2) is 29.4 Å². The van der Waals surface area contributed by atoms with Crippen molar-refractivity contribution < 1.29 is 19.2 Å². The van der Waals surface area contributed by atoms with Gasteiger partial charge in [-0.05, 0) is 48.9 Å². The van der Waals surface area contributed by atoms with Crippen molar-refractivity contribution in [3.05, 3.63) is 101 Å². The summed E-state index contributed by atoms with van der Waals surface area (Å²) in [4.78, 5) is 12.4. The topological polar surface area (TPSA) is 84.6 Å². The predicted molar refractivity (Wildman–Crippen MR) is 143 cm³/mol. The van der Waals surface area contributed by atoms with Gasteiger partial charge in [-0.1, -0.05) is 84.0 Å². The number of aliphatic hydroxyl groups excluding tert-OH is 1. The fourth-order valence-electron chi connectivity index (χ4n) is 4.75. The first kappa shape index (κ1) is 24.9. The third kappa shape index (κ3) is 5.22. The Balaban J connectivity index is 1.26. The van der Waals surface area contributed by atoms with Crippen LogP contribution in [0.15, 0.2) is 83.4 Å². The highest BCUT2D eigenvalue weighted by atomic mass is 16.5. The molecule has 1 unspecified atom stereocenters. The van der Waals surface area contributed by atoms with Gasteiger partial charge in [-0.15, -0.1) is 0 Å². The van der Waals surface area contributed by atoms with E-state index < -0.39 is 11.5 Å². The van der Waals surface area contributed by atoms with Gasteiger partial charge in [0.2, 0.25) is 0 Å². The van der Waals surface area contributed by atoms with E-state index in [4.69, 9.17) is 9.26 Å². The first-order valence-corrected chi connectivity index (χ1v) is 12.8. The van der Waals surface area contributed by atoms with Crippen LogP contribution >= 0.6 is 0 Å². The lowest BCUT2D eigenvalue weighted by atomic mass is 9.93. The number of carbonyl (C=O) groups is 1. The number of nitrogens with zero attached hydrogens (tertiary/aromatic N) is 1. The minimum absolute atomic E-state index is 0.116. The third-order valence-electron chi connectivity index (χ3n) is 7.14. The molecule has 5 rings (SSSR count). The van der Waals surface area contributed by atoms with Gasteiger partial charge in [0.15, 0.2) is 5.76 Å². The second kappa shape index (κ2) is 10.7. The Morgan fingerprint density at radius 2 is 1.62 bits per heavy atom. The Kier molecular flexibility index (Phi) is 7.22. The SMILES string of the molecule is CCOC(=O)C1(c2ccc(-c3ccc(-c4onc(C)c4CNCC(O)c4ccccc4)cc3)cc2)CC1. The molecule has 190 valence electrons. The van der Waals surface area contributed by atoms with Gasteiger partial charge in [0.1, 0.15) is 0 Å². The normalized spacial score (nSPS) is 14.8. The van der Waals surface area contributed by atoms with Gasteiger partial charge in [0.05, 0.1) is 23.8 Å². The van der Waals surface area contributed by atoms with E-state index in [1.165, 1.54) is 0 Å². The van der Waals surface area contributed by atoms with E-state index in [-0.39, 0.29) is 5.97 Å². The van der Waals surface area contributed by atoms with Crippen molar-refractivity contribution in [2.45, 2.75) is 44.8 Å². The molecule has 1 saturated carbocycles. The molecule has 0 spiro atoms. The summed E-state index contributed by atoms with van der Waals surface area (Å²) in [5.74, 6) is 0.612. The lowest BCUT2D eigenvalue weighted by Crippen LogP contribution is -2.23. The van der Waals surface area contributed by atoms with Crippen molar-refractivity contribution in [3.8, 4) is 22.5 Å². The number of hydrogen-bond donors (Lipinski definition) is 2. The summed E-state index contributed by atoms with van der Waals surface area (Å²) < 4.78 is 11.0. The number of ether oxygens (including phenoxy) is 1. The Hall–Kier alpha value is -3.74. The molecule has 1 aliphatic rings. The lowest BCUT2D eigenvalue weighted by Gasteiger charge is -2.14. The fraction of sp³-hybridized carbons (Fsp3) is 0.290. The lowest BCUT2D eigenvalue weighted by molar-refractivity contribution is -0.146. The highest BCUT2D eigenvalue weighted by Crippen LogP contribution is 2.49. The van der Waals surface area contributed by atoms with Crippen molar-refractivity contribution in [1.29, 1.82) is 0 Å². The molecule has 1 fully saturated rings. The van der Waals surface area contributed by atoms with Gasteiger partial charge in [-0.2, -0.15) is 0 Å². The van der Waals surface area contributed by atoms with E-state index in [9.17, 15) is 9.90 Å². The molecule has 4 aromatic rings. The maximum Gasteiger partial charge on any atom is 0.316 e. The number of benzene rings is 3. The second-order valence-corrected chi connectivity index (χ2v) is 9.59. The highest BCUT2D eigenvalue weighted by Gasteiger charge is 2.52. The number of aryl methyl sites for hydroxylation is 1. The molecule has 2 N–H and O–H groups in total. The molecule has 6 nitrogen and oxygen atoms in total. The predicted octanol–water partition coefficient (Wildman–Crippen LogP) is 5.73. The highest BCUT2D eigenvalue weighted by molar-refractivity contribution is 5.87. The van der Waals surface area contributed by atoms with Crippen LogP contribution in [0.25, 0.3) is 22.5 Å². The standard InChI is InChI=1S/C31H32N2O4/c1-3-36-30(35)31(17-18-31)26-15-13-23(14-16-26)22-9-11-25(12-10-22)29-27(21(2)33-37-29)19-32-20-28(34)24-7-5-4-6-8-24/h4-16,28,32,34H,3,17-20H2,1-2H3. The summed E-state index contributed by atoms with van der Waals surface area (Å²) in [6, 6.07) is 26.0. The molecule has 0 radical (unpaired) electrons. The Bertz CT molecular complexity index is 1340. The molecule has 1 aliphatic carbocycles. The van der Waals surface area contributed by atoms with Crippen LogP contribution in [0.4, 0.5) is 0 Å². The van der Waals surface area contributed by atoms with E-state index in [0.717, 1.165) is 57.7 Å². The summed E-state index contributed by atoms with van der Waals surface area (Å²) in [7, 11) is 0. The summed E-state index contributed by atoms with van der Waals surface area (Å²) in [6.45, 7) is 5.15. The average molecular weight is 497 g/mol. The number of rotatable bonds is 10. The molecule has 1 aromatic heterocycles. The maximum absolute atomic E-state index is 12.4. The number of nitrogens with one attached hydrogen (secondary N) is 1. The van der Waals surface area contributed by atoms with E-state index in [0.29, 0.717) is 19.7 Å². The number of hydrogen-bond acceptors (Lipinski definition) is 6. The molecule has 3 aromatic carbocycles. The molecule has 1 atom stereocenters. The number of esters is 1. The van der Waals surface area contributed by atoms with Crippen LogP contribution in [0.5, 0.6) is 0 Å². The minimum atomic E-state index is -0.581. The van der Waals surface area contributed by atoms with E-state index in [1.807, 2.05) is 68.4 Å². The largest absolute Gasteiger partial charge is 0.465 e. The van der Waals surface area contributed by atoms with E-state index >= 15 is 0 Å². The minimum Gasteiger partial charge on any atom is -0.465 e. The summed E-state index contributed by atoms with van der Waals surface area (Å²) >= 11 is 0. The van der Waals surface area contributed by atoms with Crippen molar-refractivity contribution in [2.24, 2.45) is 0 Å². The summed E-state index contributed by atoms with van der Waals surface area (Å²) in [6.07, 6.45) is 1.11. The number of aromatic nitrogens is 1. The quantitative estimate of drug-likeness (QED) is 0.273. The zero-order chi connectivity index (χ0) is 25.8. The van der Waals surface area contributed by atoms with Gasteiger partial charge >= 0.3 is 5.97 Å². The molecule has 0 saturated heterocycles. The van der Waals surface area contributed by atoms with Gasteiger partial charge < -0.3 is 19.7 Å². The van der Waals surface area contributed by atoms with Crippen molar-refractivity contribution in [2.75, 3.05) is 13.2 Å². The number of carbonyl (C=O) groups excluding carboxylic acids is 1. The molecule has 0 aliphatic heterocycles. The van der Waals surface area contributed by atoms with Crippen molar-refractivity contribution in [3.63, 3.8) is 0 Å². The molecular weight excluding hydrogens is 464 g/mol. The van der Waals surface area contributed by atoms with Crippen LogP contribution in [0, 0.1) is 6.92 Å². The molecule has 0 amide bonds. The zero-order valence-corrected chi connectivity index (χ0v) is 21.2. The summed E-state index contributed by atoms with van der Waals surface area (Å²) in [5, 5.41) is 17.9. The maximum atomic E-state index is 12.4. The first-order valence-electron chi connectivity index (χ1n) is 12.8.